The summed E-state index contributed by atoms with van der Waals surface area (Å²) in [6, 6.07) is 0. The Kier molecular flexibility index (Phi) is 4.31. The van der Waals surface area contributed by atoms with E-state index in [0.717, 1.165) is 12.8 Å². The maximum atomic E-state index is 12.7. The van der Waals surface area contributed by atoms with Gasteiger partial charge in [-0.1, -0.05) is 6.42 Å². The van der Waals surface area contributed by atoms with Crippen molar-refractivity contribution in [1.29, 1.82) is 0 Å². The van der Waals surface area contributed by atoms with Crippen molar-refractivity contribution in [3.05, 3.63) is 0 Å². The van der Waals surface area contributed by atoms with Gasteiger partial charge in [0.15, 0.2) is 0 Å². The minimum absolute atomic E-state index is 0.0206. The molecule has 7 heteroatoms. The molecule has 2 aliphatic heterocycles. The standard InChI is InChI=1S/C16H24N2O5/c1-23-6-5-17-8-11(7-13(17)19)14(20)18-9-12-3-2-4-16(12,10-18)15(21)22/h11-12H,2-10H2,1H3,(H,21,22)/t11?,12-,16+/m0/s1. The van der Waals surface area contributed by atoms with Gasteiger partial charge < -0.3 is 19.6 Å². The average molecular weight is 324 g/mol. The second-order valence-electron chi connectivity index (χ2n) is 7.00. The number of nitrogens with zero attached hydrogens (tertiary/aromatic N) is 2. The van der Waals surface area contributed by atoms with Crippen molar-refractivity contribution >= 4 is 17.8 Å². The minimum atomic E-state index is -0.778. The van der Waals surface area contributed by atoms with E-state index in [1.165, 1.54) is 0 Å². The molecule has 0 bridgehead atoms. The number of carbonyl (C=O) groups is 3. The number of carboxylic acid groups (broad SMARTS) is 1. The Bertz CT molecular complexity index is 523. The Morgan fingerprint density at radius 2 is 2.17 bits per heavy atom. The van der Waals surface area contributed by atoms with Gasteiger partial charge in [-0.05, 0) is 18.8 Å². The van der Waals surface area contributed by atoms with Gasteiger partial charge in [0, 0.05) is 39.7 Å². The van der Waals surface area contributed by atoms with E-state index in [2.05, 4.69) is 0 Å². The largest absolute Gasteiger partial charge is 0.481 e. The third kappa shape index (κ3) is 2.71. The molecule has 23 heavy (non-hydrogen) atoms. The Morgan fingerprint density at radius 3 is 2.83 bits per heavy atom. The van der Waals surface area contributed by atoms with E-state index in [1.54, 1.807) is 16.9 Å². The maximum Gasteiger partial charge on any atom is 0.311 e. The molecule has 1 unspecified atom stereocenters. The second-order valence-corrected chi connectivity index (χ2v) is 7.00. The Hall–Kier alpha value is -1.63. The fourth-order valence-electron chi connectivity index (χ4n) is 4.42. The summed E-state index contributed by atoms with van der Waals surface area (Å²) in [4.78, 5) is 39.8. The van der Waals surface area contributed by atoms with Crippen LogP contribution in [0, 0.1) is 17.3 Å². The predicted molar refractivity (Wildman–Crippen MR) is 80.6 cm³/mol. The zero-order chi connectivity index (χ0) is 16.6. The van der Waals surface area contributed by atoms with Crippen LogP contribution in [0.5, 0.6) is 0 Å². The highest BCUT2D eigenvalue weighted by molar-refractivity contribution is 5.90. The number of hydrogen-bond acceptors (Lipinski definition) is 4. The number of carbonyl (C=O) groups excluding carboxylic acids is 2. The fraction of sp³-hybridized carbons (Fsp3) is 0.812. The Balaban J connectivity index is 1.64. The van der Waals surface area contributed by atoms with Gasteiger partial charge >= 0.3 is 5.97 Å². The highest BCUT2D eigenvalue weighted by atomic mass is 16.5. The number of hydrogen-bond donors (Lipinski definition) is 1. The number of methoxy groups -OCH3 is 1. The van der Waals surface area contributed by atoms with Crippen LogP contribution in [0.2, 0.25) is 0 Å². The number of rotatable bonds is 5. The number of likely N-dealkylation sites (tertiary alicyclic amines) is 2. The highest BCUT2D eigenvalue weighted by Gasteiger charge is 2.56. The maximum absolute atomic E-state index is 12.7. The van der Waals surface area contributed by atoms with Gasteiger partial charge in [-0.15, -0.1) is 0 Å². The number of fused-ring (bicyclic) bond motifs is 1. The fourth-order valence-corrected chi connectivity index (χ4v) is 4.42. The molecule has 3 rings (SSSR count). The SMILES string of the molecule is COCCN1CC(C(=O)N2C[C@@H]3CCC[C@@]3(C(=O)O)C2)CC1=O. The van der Waals surface area contributed by atoms with Crippen molar-refractivity contribution < 1.29 is 24.2 Å². The van der Waals surface area contributed by atoms with Gasteiger partial charge in [-0.25, -0.2) is 0 Å². The summed E-state index contributed by atoms with van der Waals surface area (Å²) in [6.45, 7) is 2.20. The van der Waals surface area contributed by atoms with Crippen molar-refractivity contribution in [2.45, 2.75) is 25.7 Å². The first-order chi connectivity index (χ1) is 11.0. The molecule has 7 nitrogen and oxygen atoms in total. The normalized spacial score (nSPS) is 33.3. The molecule has 3 fully saturated rings. The Labute approximate surface area is 135 Å². The molecular weight excluding hydrogens is 300 g/mol. The lowest BCUT2D eigenvalue weighted by Crippen LogP contribution is -2.40. The van der Waals surface area contributed by atoms with Crippen molar-refractivity contribution in [3.63, 3.8) is 0 Å². The van der Waals surface area contributed by atoms with E-state index in [4.69, 9.17) is 4.74 Å². The third-order valence-corrected chi connectivity index (χ3v) is 5.74. The smallest absolute Gasteiger partial charge is 0.311 e. The molecule has 1 aliphatic carbocycles. The molecule has 0 aromatic carbocycles. The summed E-state index contributed by atoms with van der Waals surface area (Å²) in [5.41, 5.74) is -0.756. The first kappa shape index (κ1) is 16.2. The van der Waals surface area contributed by atoms with Crippen LogP contribution in [0.15, 0.2) is 0 Å². The highest BCUT2D eigenvalue weighted by Crippen LogP contribution is 2.49. The monoisotopic (exact) mass is 324 g/mol. The quantitative estimate of drug-likeness (QED) is 0.780. The molecule has 1 N–H and O–H groups in total. The van der Waals surface area contributed by atoms with Gasteiger partial charge in [-0.2, -0.15) is 0 Å². The van der Waals surface area contributed by atoms with E-state index in [9.17, 15) is 19.5 Å². The van der Waals surface area contributed by atoms with Gasteiger partial charge in [-0.3, -0.25) is 14.4 Å². The summed E-state index contributed by atoms with van der Waals surface area (Å²) in [5.74, 6) is -1.14. The van der Waals surface area contributed by atoms with Crippen molar-refractivity contribution in [3.8, 4) is 0 Å². The summed E-state index contributed by atoms with van der Waals surface area (Å²) in [7, 11) is 1.58. The molecule has 2 heterocycles. The topological polar surface area (TPSA) is 87.2 Å². The lowest BCUT2D eigenvalue weighted by Gasteiger charge is -2.24. The third-order valence-electron chi connectivity index (χ3n) is 5.74. The first-order valence-electron chi connectivity index (χ1n) is 8.27. The van der Waals surface area contributed by atoms with Crippen LogP contribution in [0.4, 0.5) is 0 Å². The zero-order valence-corrected chi connectivity index (χ0v) is 13.5. The van der Waals surface area contributed by atoms with E-state index >= 15 is 0 Å². The summed E-state index contributed by atoms with van der Waals surface area (Å²) in [6.07, 6.45) is 2.68. The summed E-state index contributed by atoms with van der Waals surface area (Å²) < 4.78 is 4.98. The van der Waals surface area contributed by atoms with Crippen LogP contribution < -0.4 is 0 Å². The van der Waals surface area contributed by atoms with E-state index < -0.39 is 11.4 Å². The van der Waals surface area contributed by atoms with Gasteiger partial charge in [0.2, 0.25) is 11.8 Å². The van der Waals surface area contributed by atoms with Crippen molar-refractivity contribution in [2.24, 2.45) is 17.3 Å². The van der Waals surface area contributed by atoms with Crippen molar-refractivity contribution in [1.82, 2.24) is 9.80 Å². The van der Waals surface area contributed by atoms with Crippen LogP contribution >= 0.6 is 0 Å². The molecule has 0 aromatic heterocycles. The van der Waals surface area contributed by atoms with Crippen LogP contribution in [-0.4, -0.2) is 72.6 Å². The number of amides is 2. The van der Waals surface area contributed by atoms with Gasteiger partial charge in [0.25, 0.3) is 0 Å². The number of carboxylic acids is 1. The molecule has 0 spiro atoms. The van der Waals surface area contributed by atoms with E-state index in [0.29, 0.717) is 39.2 Å². The molecule has 1 saturated carbocycles. The molecule has 3 atom stereocenters. The lowest BCUT2D eigenvalue weighted by molar-refractivity contribution is -0.149. The number of ether oxygens (including phenoxy) is 1. The summed E-state index contributed by atoms with van der Waals surface area (Å²) >= 11 is 0. The molecule has 3 aliphatic rings. The second kappa shape index (κ2) is 6.11. The van der Waals surface area contributed by atoms with Gasteiger partial charge in [0.05, 0.1) is 17.9 Å². The molecule has 2 amide bonds. The van der Waals surface area contributed by atoms with E-state index in [-0.39, 0.29) is 30.1 Å². The van der Waals surface area contributed by atoms with Crippen LogP contribution in [0.3, 0.4) is 0 Å². The van der Waals surface area contributed by atoms with E-state index in [1.807, 2.05) is 0 Å². The van der Waals surface area contributed by atoms with Crippen LogP contribution in [0.25, 0.3) is 0 Å². The number of aliphatic carboxylic acids is 1. The predicted octanol–water partition coefficient (Wildman–Crippen LogP) is 0.195. The molecule has 0 aromatic rings. The molecule has 2 saturated heterocycles. The minimum Gasteiger partial charge on any atom is -0.481 e. The Morgan fingerprint density at radius 1 is 1.39 bits per heavy atom. The first-order valence-corrected chi connectivity index (χ1v) is 8.27. The zero-order valence-electron chi connectivity index (χ0n) is 13.5. The summed E-state index contributed by atoms with van der Waals surface area (Å²) in [5, 5.41) is 9.61. The molecule has 0 radical (unpaired) electrons. The lowest BCUT2D eigenvalue weighted by atomic mass is 9.81. The van der Waals surface area contributed by atoms with Crippen LogP contribution in [0.1, 0.15) is 25.7 Å². The van der Waals surface area contributed by atoms with Gasteiger partial charge in [0.1, 0.15) is 0 Å². The van der Waals surface area contributed by atoms with Crippen molar-refractivity contribution in [2.75, 3.05) is 39.9 Å². The molecule has 128 valence electrons. The molecular formula is C16H24N2O5. The van der Waals surface area contributed by atoms with Crippen LogP contribution in [-0.2, 0) is 19.1 Å². The average Bonchev–Trinajstić information content (AvgIpc) is 3.16.